The van der Waals surface area contributed by atoms with E-state index >= 15 is 0 Å². The summed E-state index contributed by atoms with van der Waals surface area (Å²) in [5.74, 6) is 1.03. The number of methoxy groups -OCH3 is 1. The number of rotatable bonds is 4. The lowest BCUT2D eigenvalue weighted by Gasteiger charge is -2.49. The average Bonchev–Trinajstić information content (AvgIpc) is 3.24. The van der Waals surface area contributed by atoms with E-state index in [9.17, 15) is 14.3 Å². The number of piperidine rings is 1. The number of benzene rings is 2. The van der Waals surface area contributed by atoms with E-state index in [4.69, 9.17) is 4.74 Å². The molecule has 0 unspecified atom stereocenters. The number of hydrogen-bond donors (Lipinski definition) is 2. The number of nitrogens with zero attached hydrogens (tertiary/aromatic N) is 2. The van der Waals surface area contributed by atoms with Gasteiger partial charge in [-0.3, -0.25) is 4.79 Å². The van der Waals surface area contributed by atoms with Gasteiger partial charge in [0, 0.05) is 54.5 Å². The lowest BCUT2D eigenvalue weighted by atomic mass is 9.68. The number of carbonyl (C=O) groups is 1. The van der Waals surface area contributed by atoms with Crippen molar-refractivity contribution in [3.05, 3.63) is 71.4 Å². The molecule has 1 spiro atoms. The maximum Gasteiger partial charge on any atom is 0.225 e. The Morgan fingerprint density at radius 3 is 2.58 bits per heavy atom. The van der Waals surface area contributed by atoms with Crippen LogP contribution < -0.4 is 4.74 Å². The third-order valence-electron chi connectivity index (χ3n) is 8.52. The highest BCUT2D eigenvalue weighted by atomic mass is 19.1. The number of aromatic amines is 1. The minimum atomic E-state index is -0.262. The van der Waals surface area contributed by atoms with E-state index in [0.29, 0.717) is 19.0 Å². The SMILES string of the molecule is COc1ccc2c3c([nH]c2c1)/C(=C/O)N(Cc1ccc(F)cc1)CC31CCN(C(=O)C2CCC2)CC1. The van der Waals surface area contributed by atoms with E-state index in [0.717, 1.165) is 78.8 Å². The van der Waals surface area contributed by atoms with Crippen molar-refractivity contribution < 1.29 is 19.0 Å². The molecule has 0 atom stereocenters. The van der Waals surface area contributed by atoms with Crippen LogP contribution in [-0.4, -0.2) is 52.5 Å². The predicted molar refractivity (Wildman–Crippen MR) is 137 cm³/mol. The molecule has 2 fully saturated rings. The molecule has 3 aliphatic rings. The molecule has 0 bridgehead atoms. The molecule has 1 saturated heterocycles. The van der Waals surface area contributed by atoms with Crippen molar-refractivity contribution in [1.82, 2.24) is 14.8 Å². The van der Waals surface area contributed by atoms with Crippen LogP contribution in [0.15, 0.2) is 48.7 Å². The lowest BCUT2D eigenvalue weighted by molar-refractivity contribution is -0.140. The summed E-state index contributed by atoms with van der Waals surface area (Å²) in [4.78, 5) is 20.8. The Bertz CT molecular complexity index is 1320. The van der Waals surface area contributed by atoms with Crippen LogP contribution in [0.2, 0.25) is 0 Å². The summed E-state index contributed by atoms with van der Waals surface area (Å²) in [5, 5.41) is 11.5. The van der Waals surface area contributed by atoms with E-state index in [1.165, 1.54) is 24.0 Å². The largest absolute Gasteiger partial charge is 0.513 e. The van der Waals surface area contributed by atoms with Gasteiger partial charge in [0.05, 0.1) is 18.5 Å². The predicted octanol–water partition coefficient (Wildman–Crippen LogP) is 5.35. The monoisotopic (exact) mass is 489 g/mol. The van der Waals surface area contributed by atoms with Gasteiger partial charge in [0.15, 0.2) is 0 Å². The maximum atomic E-state index is 13.5. The fraction of sp³-hybridized carbons (Fsp3) is 0.414. The van der Waals surface area contributed by atoms with E-state index in [2.05, 4.69) is 20.9 Å². The Kier molecular flexibility index (Phi) is 5.66. The zero-order chi connectivity index (χ0) is 24.9. The third-order valence-corrected chi connectivity index (χ3v) is 8.52. The standard InChI is InChI=1S/C29H32FN3O3/c1-36-22-9-10-23-24(15-22)31-27-25(17-34)33(16-19-5-7-21(30)8-6-19)18-29(26(23)27)11-13-32(14-12-29)28(35)20-3-2-4-20/h5-10,15,17,20,31,34H,2-4,11-14,16,18H2,1H3/b25-17-. The van der Waals surface area contributed by atoms with Crippen LogP contribution in [0.4, 0.5) is 4.39 Å². The molecule has 2 aromatic carbocycles. The Morgan fingerprint density at radius 1 is 1.19 bits per heavy atom. The van der Waals surface area contributed by atoms with Gasteiger partial charge >= 0.3 is 0 Å². The molecule has 2 N–H and O–H groups in total. The molecule has 3 aromatic rings. The van der Waals surface area contributed by atoms with Crippen molar-refractivity contribution in [2.45, 2.75) is 44.1 Å². The van der Waals surface area contributed by atoms with Crippen LogP contribution in [-0.2, 0) is 16.8 Å². The normalized spacial score (nSPS) is 20.6. The number of aliphatic hydroxyl groups is 1. The first-order valence-corrected chi connectivity index (χ1v) is 12.8. The molecule has 1 saturated carbocycles. The minimum Gasteiger partial charge on any atom is -0.513 e. The van der Waals surface area contributed by atoms with Gasteiger partial charge in [-0.05, 0) is 61.1 Å². The Morgan fingerprint density at radius 2 is 1.94 bits per heavy atom. The number of likely N-dealkylation sites (tertiary alicyclic amines) is 1. The van der Waals surface area contributed by atoms with E-state index < -0.39 is 0 Å². The van der Waals surface area contributed by atoms with Gasteiger partial charge in [0.2, 0.25) is 5.91 Å². The summed E-state index contributed by atoms with van der Waals surface area (Å²) in [6.45, 7) is 2.74. The maximum absolute atomic E-state index is 13.5. The van der Waals surface area contributed by atoms with Crippen LogP contribution in [0, 0.1) is 11.7 Å². The van der Waals surface area contributed by atoms with Crippen LogP contribution >= 0.6 is 0 Å². The van der Waals surface area contributed by atoms with Gasteiger partial charge in [0.1, 0.15) is 17.8 Å². The zero-order valence-corrected chi connectivity index (χ0v) is 20.6. The highest BCUT2D eigenvalue weighted by Crippen LogP contribution is 2.49. The van der Waals surface area contributed by atoms with E-state index in [-0.39, 0.29) is 17.2 Å². The number of nitrogens with one attached hydrogen (secondary N) is 1. The number of H-pyrrole nitrogens is 1. The number of halogens is 1. The molecule has 6 rings (SSSR count). The fourth-order valence-electron chi connectivity index (χ4n) is 6.31. The molecule has 0 radical (unpaired) electrons. The van der Waals surface area contributed by atoms with E-state index in [1.807, 2.05) is 12.1 Å². The molecule has 2 aliphatic heterocycles. The summed E-state index contributed by atoms with van der Waals surface area (Å²) in [6.07, 6.45) is 6.09. The smallest absolute Gasteiger partial charge is 0.225 e. The molecular weight excluding hydrogens is 457 g/mol. The fourth-order valence-corrected chi connectivity index (χ4v) is 6.31. The molecule has 1 aliphatic carbocycles. The summed E-state index contributed by atoms with van der Waals surface area (Å²) in [5.41, 5.74) is 4.62. The van der Waals surface area contributed by atoms with Gasteiger partial charge in [-0.1, -0.05) is 18.6 Å². The molecule has 3 heterocycles. The summed E-state index contributed by atoms with van der Waals surface area (Å²) in [6, 6.07) is 12.6. The average molecular weight is 490 g/mol. The van der Waals surface area contributed by atoms with Crippen molar-refractivity contribution in [3.63, 3.8) is 0 Å². The van der Waals surface area contributed by atoms with E-state index in [1.54, 1.807) is 19.2 Å². The van der Waals surface area contributed by atoms with Gasteiger partial charge in [-0.15, -0.1) is 0 Å². The molecule has 36 heavy (non-hydrogen) atoms. The molecule has 6 nitrogen and oxygen atoms in total. The highest BCUT2D eigenvalue weighted by Gasteiger charge is 2.47. The number of carbonyl (C=O) groups excluding carboxylic acids is 1. The minimum absolute atomic E-state index is 0.175. The van der Waals surface area contributed by atoms with Crippen molar-refractivity contribution in [2.24, 2.45) is 5.92 Å². The summed E-state index contributed by atoms with van der Waals surface area (Å²) in [7, 11) is 1.66. The van der Waals surface area contributed by atoms with Crippen LogP contribution in [0.1, 0.15) is 48.9 Å². The second kappa shape index (κ2) is 8.87. The van der Waals surface area contributed by atoms with Crippen LogP contribution in [0.25, 0.3) is 16.6 Å². The quantitative estimate of drug-likeness (QED) is 0.485. The summed E-state index contributed by atoms with van der Waals surface area (Å²) < 4.78 is 19.0. The van der Waals surface area contributed by atoms with Gasteiger partial charge in [0.25, 0.3) is 0 Å². The van der Waals surface area contributed by atoms with Gasteiger partial charge < -0.3 is 24.6 Å². The molecule has 7 heteroatoms. The zero-order valence-electron chi connectivity index (χ0n) is 20.6. The van der Waals surface area contributed by atoms with Crippen LogP contribution in [0.5, 0.6) is 5.75 Å². The molecule has 188 valence electrons. The van der Waals surface area contributed by atoms with Crippen molar-refractivity contribution in [2.75, 3.05) is 26.7 Å². The molecular formula is C29H32FN3O3. The first-order valence-electron chi connectivity index (χ1n) is 12.8. The molecule has 1 amide bonds. The number of hydrogen-bond acceptors (Lipinski definition) is 4. The number of ether oxygens (including phenoxy) is 1. The highest BCUT2D eigenvalue weighted by molar-refractivity contribution is 5.92. The van der Waals surface area contributed by atoms with Crippen LogP contribution in [0.3, 0.4) is 0 Å². The first kappa shape index (κ1) is 23.0. The first-order chi connectivity index (χ1) is 17.5. The number of aliphatic hydroxyl groups excluding tert-OH is 1. The molecule has 1 aromatic heterocycles. The van der Waals surface area contributed by atoms with Crippen molar-refractivity contribution in [3.8, 4) is 5.75 Å². The lowest BCUT2D eigenvalue weighted by Crippen LogP contribution is -2.53. The third kappa shape index (κ3) is 3.72. The van der Waals surface area contributed by atoms with Crippen molar-refractivity contribution >= 4 is 22.5 Å². The van der Waals surface area contributed by atoms with Crippen molar-refractivity contribution in [1.29, 1.82) is 0 Å². The van der Waals surface area contributed by atoms with Gasteiger partial charge in [-0.25, -0.2) is 4.39 Å². The summed E-state index contributed by atoms with van der Waals surface area (Å²) >= 11 is 0. The second-order valence-corrected chi connectivity index (χ2v) is 10.5. The Labute approximate surface area is 210 Å². The topological polar surface area (TPSA) is 68.8 Å². The second-order valence-electron chi connectivity index (χ2n) is 10.5. The number of fused-ring (bicyclic) bond motifs is 4. The number of amides is 1. The Balaban J connectivity index is 1.40. The Hall–Kier alpha value is -3.48. The van der Waals surface area contributed by atoms with Gasteiger partial charge in [-0.2, -0.15) is 0 Å². The number of aromatic nitrogens is 1.